The first-order chi connectivity index (χ1) is 6.67. The molecule has 0 aliphatic rings. The number of benzene rings is 1. The van der Waals surface area contributed by atoms with Gasteiger partial charge in [-0.05, 0) is 43.1 Å². The van der Waals surface area contributed by atoms with Crippen LogP contribution in [0.25, 0.3) is 0 Å². The number of hydrogen-bond donors (Lipinski definition) is 2. The second-order valence-corrected chi connectivity index (χ2v) is 4.12. The van der Waals surface area contributed by atoms with Crippen molar-refractivity contribution >= 4 is 23.2 Å². The predicted molar refractivity (Wildman–Crippen MR) is 61.8 cm³/mol. The van der Waals surface area contributed by atoms with E-state index in [1.807, 2.05) is 12.1 Å². The molecule has 2 nitrogen and oxygen atoms in total. The molecule has 14 heavy (non-hydrogen) atoms. The summed E-state index contributed by atoms with van der Waals surface area (Å²) in [5.74, 6) is 0.286. The van der Waals surface area contributed by atoms with Crippen LogP contribution in [0.3, 0.4) is 0 Å². The molecule has 0 aliphatic carbocycles. The Hall–Kier alpha value is -0.280. The first-order valence-corrected chi connectivity index (χ1v) is 5.27. The maximum atomic E-state index is 6.02. The van der Waals surface area contributed by atoms with Crippen LogP contribution in [0.5, 0.6) is 0 Å². The zero-order valence-electron chi connectivity index (χ0n) is 7.84. The summed E-state index contributed by atoms with van der Waals surface area (Å²) in [6.07, 6.45) is 0.809. The van der Waals surface area contributed by atoms with Crippen molar-refractivity contribution in [2.24, 2.45) is 17.4 Å². The fourth-order valence-electron chi connectivity index (χ4n) is 1.26. The topological polar surface area (TPSA) is 52.0 Å². The second kappa shape index (κ2) is 5.56. The van der Waals surface area contributed by atoms with E-state index < -0.39 is 0 Å². The Balaban J connectivity index is 2.76. The van der Waals surface area contributed by atoms with Gasteiger partial charge in [0.1, 0.15) is 0 Å². The van der Waals surface area contributed by atoms with Gasteiger partial charge < -0.3 is 11.5 Å². The maximum absolute atomic E-state index is 6.02. The maximum Gasteiger partial charge on any atom is 0.0452 e. The van der Waals surface area contributed by atoms with E-state index >= 15 is 0 Å². The third-order valence-electron chi connectivity index (χ3n) is 2.19. The average molecular weight is 233 g/mol. The quantitative estimate of drug-likeness (QED) is 0.836. The first-order valence-electron chi connectivity index (χ1n) is 4.51. The van der Waals surface area contributed by atoms with Crippen LogP contribution < -0.4 is 11.5 Å². The predicted octanol–water partition coefficient (Wildman–Crippen LogP) is 2.07. The SMILES string of the molecule is NCC(CN)Cc1ccc(Cl)cc1Cl. The van der Waals surface area contributed by atoms with E-state index in [-0.39, 0.29) is 5.92 Å². The van der Waals surface area contributed by atoms with Crippen molar-refractivity contribution < 1.29 is 0 Å². The first kappa shape index (κ1) is 11.8. The van der Waals surface area contributed by atoms with E-state index in [4.69, 9.17) is 34.7 Å². The normalized spacial score (nSPS) is 10.9. The van der Waals surface area contributed by atoms with Crippen LogP contribution in [-0.4, -0.2) is 13.1 Å². The van der Waals surface area contributed by atoms with Crippen molar-refractivity contribution in [2.75, 3.05) is 13.1 Å². The van der Waals surface area contributed by atoms with Crippen molar-refractivity contribution in [1.82, 2.24) is 0 Å². The molecule has 1 rings (SSSR count). The minimum Gasteiger partial charge on any atom is -0.330 e. The Morgan fingerprint density at radius 2 is 1.79 bits per heavy atom. The Morgan fingerprint density at radius 3 is 2.29 bits per heavy atom. The number of rotatable bonds is 4. The minimum absolute atomic E-state index is 0.286. The highest BCUT2D eigenvalue weighted by Gasteiger charge is 2.08. The molecule has 0 aliphatic heterocycles. The highest BCUT2D eigenvalue weighted by molar-refractivity contribution is 6.35. The van der Waals surface area contributed by atoms with Crippen molar-refractivity contribution in [3.05, 3.63) is 33.8 Å². The molecule has 0 bridgehead atoms. The fraction of sp³-hybridized carbons (Fsp3) is 0.400. The standard InChI is InChI=1S/C10H14Cl2N2/c11-9-2-1-8(10(12)4-9)3-7(5-13)6-14/h1-2,4,7H,3,5-6,13-14H2. The highest BCUT2D eigenvalue weighted by Crippen LogP contribution is 2.22. The van der Waals surface area contributed by atoms with Crippen LogP contribution in [0.4, 0.5) is 0 Å². The molecule has 0 fully saturated rings. The molecule has 0 amide bonds. The lowest BCUT2D eigenvalue weighted by Crippen LogP contribution is -2.25. The molecule has 0 radical (unpaired) electrons. The lowest BCUT2D eigenvalue weighted by Gasteiger charge is -2.12. The second-order valence-electron chi connectivity index (χ2n) is 3.28. The zero-order valence-corrected chi connectivity index (χ0v) is 9.35. The summed E-state index contributed by atoms with van der Waals surface area (Å²) < 4.78 is 0. The molecule has 0 spiro atoms. The van der Waals surface area contributed by atoms with Gasteiger partial charge in [0.05, 0.1) is 0 Å². The van der Waals surface area contributed by atoms with E-state index in [2.05, 4.69) is 0 Å². The summed E-state index contributed by atoms with van der Waals surface area (Å²) in [6, 6.07) is 5.48. The van der Waals surface area contributed by atoms with Gasteiger partial charge in [-0.3, -0.25) is 0 Å². The Kier molecular flexibility index (Phi) is 4.69. The molecule has 4 N–H and O–H groups in total. The van der Waals surface area contributed by atoms with E-state index in [0.29, 0.717) is 23.1 Å². The molecule has 1 aromatic rings. The lowest BCUT2D eigenvalue weighted by atomic mass is 10.00. The van der Waals surface area contributed by atoms with Gasteiger partial charge in [-0.1, -0.05) is 29.3 Å². The largest absolute Gasteiger partial charge is 0.330 e. The fourth-order valence-corrected chi connectivity index (χ4v) is 1.75. The molecule has 0 saturated carbocycles. The van der Waals surface area contributed by atoms with Gasteiger partial charge in [0.25, 0.3) is 0 Å². The van der Waals surface area contributed by atoms with Crippen LogP contribution in [0, 0.1) is 5.92 Å². The van der Waals surface area contributed by atoms with Crippen LogP contribution >= 0.6 is 23.2 Å². The molecule has 0 heterocycles. The molecular formula is C10H14Cl2N2. The van der Waals surface area contributed by atoms with Crippen LogP contribution in [0.15, 0.2) is 18.2 Å². The van der Waals surface area contributed by atoms with Gasteiger partial charge in [-0.2, -0.15) is 0 Å². The third kappa shape index (κ3) is 3.14. The van der Waals surface area contributed by atoms with Gasteiger partial charge in [0, 0.05) is 10.0 Å². The van der Waals surface area contributed by atoms with E-state index in [0.717, 1.165) is 12.0 Å². The number of nitrogens with two attached hydrogens (primary N) is 2. The van der Waals surface area contributed by atoms with Gasteiger partial charge in [0.15, 0.2) is 0 Å². The molecule has 78 valence electrons. The molecule has 0 saturated heterocycles. The Morgan fingerprint density at radius 1 is 1.14 bits per heavy atom. The smallest absolute Gasteiger partial charge is 0.0452 e. The van der Waals surface area contributed by atoms with Crippen molar-refractivity contribution in [3.8, 4) is 0 Å². The summed E-state index contributed by atoms with van der Waals surface area (Å²) in [7, 11) is 0. The molecule has 0 atom stereocenters. The van der Waals surface area contributed by atoms with Crippen LogP contribution in [0.1, 0.15) is 5.56 Å². The van der Waals surface area contributed by atoms with Gasteiger partial charge in [-0.15, -0.1) is 0 Å². The third-order valence-corrected chi connectivity index (χ3v) is 2.78. The monoisotopic (exact) mass is 232 g/mol. The Labute approximate surface area is 94.2 Å². The molecular weight excluding hydrogens is 219 g/mol. The molecule has 1 aromatic carbocycles. The van der Waals surface area contributed by atoms with E-state index in [1.165, 1.54) is 0 Å². The summed E-state index contributed by atoms with van der Waals surface area (Å²) in [5.41, 5.74) is 12.2. The van der Waals surface area contributed by atoms with Crippen molar-refractivity contribution in [2.45, 2.75) is 6.42 Å². The summed E-state index contributed by atoms with van der Waals surface area (Å²) in [4.78, 5) is 0. The van der Waals surface area contributed by atoms with Gasteiger partial charge in [0.2, 0.25) is 0 Å². The average Bonchev–Trinajstić information content (AvgIpc) is 2.17. The summed E-state index contributed by atoms with van der Waals surface area (Å²) in [6.45, 7) is 1.16. The number of hydrogen-bond acceptors (Lipinski definition) is 2. The van der Waals surface area contributed by atoms with E-state index in [9.17, 15) is 0 Å². The molecule has 4 heteroatoms. The van der Waals surface area contributed by atoms with Gasteiger partial charge >= 0.3 is 0 Å². The van der Waals surface area contributed by atoms with Crippen LogP contribution in [-0.2, 0) is 6.42 Å². The number of halogens is 2. The Bertz CT molecular complexity index is 298. The van der Waals surface area contributed by atoms with Crippen LogP contribution in [0.2, 0.25) is 10.0 Å². The zero-order chi connectivity index (χ0) is 10.6. The lowest BCUT2D eigenvalue weighted by molar-refractivity contribution is 0.548. The summed E-state index contributed by atoms with van der Waals surface area (Å²) >= 11 is 11.8. The minimum atomic E-state index is 0.286. The molecule has 0 aromatic heterocycles. The summed E-state index contributed by atoms with van der Waals surface area (Å²) in [5, 5.41) is 1.33. The van der Waals surface area contributed by atoms with Crippen molar-refractivity contribution in [3.63, 3.8) is 0 Å². The highest BCUT2D eigenvalue weighted by atomic mass is 35.5. The van der Waals surface area contributed by atoms with Gasteiger partial charge in [-0.25, -0.2) is 0 Å². The molecule has 0 unspecified atom stereocenters. The van der Waals surface area contributed by atoms with E-state index in [1.54, 1.807) is 6.07 Å². The van der Waals surface area contributed by atoms with Crippen molar-refractivity contribution in [1.29, 1.82) is 0 Å².